The predicted molar refractivity (Wildman–Crippen MR) is 101 cm³/mol. The maximum absolute atomic E-state index is 12.8. The van der Waals surface area contributed by atoms with E-state index in [1.54, 1.807) is 12.1 Å². The molecular formula is C20H20N4O2. The molecule has 2 heterocycles. The van der Waals surface area contributed by atoms with Gasteiger partial charge >= 0.3 is 0 Å². The van der Waals surface area contributed by atoms with Gasteiger partial charge in [-0.05, 0) is 38.1 Å². The van der Waals surface area contributed by atoms with Gasteiger partial charge in [-0.2, -0.15) is 0 Å². The number of fused-ring (bicyclic) bond motifs is 1. The number of aryl methyl sites for hydroxylation is 2. The number of hydrogen-bond donors (Lipinski definition) is 1. The Kier molecular flexibility index (Phi) is 3.95. The van der Waals surface area contributed by atoms with E-state index in [4.69, 9.17) is 0 Å². The fourth-order valence-corrected chi connectivity index (χ4v) is 3.37. The zero-order chi connectivity index (χ0) is 18.3. The van der Waals surface area contributed by atoms with Gasteiger partial charge in [-0.15, -0.1) is 0 Å². The van der Waals surface area contributed by atoms with E-state index < -0.39 is 6.04 Å². The Balaban J connectivity index is 1.63. The zero-order valence-electron chi connectivity index (χ0n) is 14.8. The number of benzene rings is 2. The summed E-state index contributed by atoms with van der Waals surface area (Å²) >= 11 is 0. The quantitative estimate of drug-likeness (QED) is 0.736. The van der Waals surface area contributed by atoms with Crippen molar-refractivity contribution >= 4 is 34.5 Å². The first-order chi connectivity index (χ1) is 12.6. The molecular weight excluding hydrogens is 328 g/mol. The van der Waals surface area contributed by atoms with Gasteiger partial charge in [0.1, 0.15) is 6.04 Å². The van der Waals surface area contributed by atoms with Crippen LogP contribution in [0.1, 0.15) is 18.9 Å². The van der Waals surface area contributed by atoms with E-state index in [2.05, 4.69) is 10.3 Å². The second-order valence-corrected chi connectivity index (χ2v) is 6.47. The summed E-state index contributed by atoms with van der Waals surface area (Å²) in [5.41, 5.74) is 3.56. The average molecular weight is 348 g/mol. The maximum atomic E-state index is 12.8. The van der Waals surface area contributed by atoms with Gasteiger partial charge in [0, 0.05) is 6.54 Å². The molecule has 1 aromatic heterocycles. The lowest BCUT2D eigenvalue weighted by Gasteiger charge is -2.16. The number of anilines is 2. The number of hydrogen-bond acceptors (Lipinski definition) is 4. The van der Waals surface area contributed by atoms with Crippen molar-refractivity contribution in [3.05, 3.63) is 54.1 Å². The molecule has 26 heavy (non-hydrogen) atoms. The van der Waals surface area contributed by atoms with Gasteiger partial charge in [-0.1, -0.05) is 29.8 Å². The van der Waals surface area contributed by atoms with Crippen molar-refractivity contribution in [3.63, 3.8) is 0 Å². The molecule has 4 rings (SSSR count). The third kappa shape index (κ3) is 2.63. The van der Waals surface area contributed by atoms with Crippen LogP contribution in [0, 0.1) is 6.92 Å². The van der Waals surface area contributed by atoms with Crippen LogP contribution < -0.4 is 10.2 Å². The van der Waals surface area contributed by atoms with Crippen LogP contribution in [0.3, 0.4) is 0 Å². The molecule has 6 heteroatoms. The summed E-state index contributed by atoms with van der Waals surface area (Å²) in [4.78, 5) is 31.1. The normalized spacial score (nSPS) is 17.3. The number of amides is 2. The Morgan fingerprint density at radius 3 is 2.58 bits per heavy atom. The highest BCUT2D eigenvalue weighted by Crippen LogP contribution is 2.26. The van der Waals surface area contributed by atoms with Gasteiger partial charge in [0.2, 0.25) is 11.9 Å². The number of rotatable bonds is 4. The van der Waals surface area contributed by atoms with Crippen LogP contribution in [0.2, 0.25) is 0 Å². The van der Waals surface area contributed by atoms with Crippen molar-refractivity contribution in [2.24, 2.45) is 0 Å². The first kappa shape index (κ1) is 16.3. The standard InChI is InChI=1S/C20H20N4O2/c1-3-23-17-7-5-4-6-15(17)21-20(23)22-16-12-18(25)24(19(16)26)14-10-8-13(2)9-11-14/h4-11,16H,3,12H2,1-2H3,(H,21,22)/t16-/m0/s1. The summed E-state index contributed by atoms with van der Waals surface area (Å²) in [6, 6.07) is 14.6. The molecule has 2 aromatic carbocycles. The van der Waals surface area contributed by atoms with Crippen LogP contribution in [-0.2, 0) is 16.1 Å². The number of aromatic nitrogens is 2. The van der Waals surface area contributed by atoms with Crippen molar-refractivity contribution in [2.45, 2.75) is 32.9 Å². The highest BCUT2D eigenvalue weighted by Gasteiger charge is 2.40. The lowest BCUT2D eigenvalue weighted by molar-refractivity contribution is -0.121. The van der Waals surface area contributed by atoms with E-state index in [1.807, 2.05) is 54.8 Å². The molecule has 0 bridgehead atoms. The first-order valence-corrected chi connectivity index (χ1v) is 8.73. The summed E-state index contributed by atoms with van der Waals surface area (Å²) in [5, 5.41) is 3.18. The van der Waals surface area contributed by atoms with E-state index in [-0.39, 0.29) is 18.2 Å². The number of para-hydroxylation sites is 2. The molecule has 0 spiro atoms. The summed E-state index contributed by atoms with van der Waals surface area (Å²) < 4.78 is 2.02. The van der Waals surface area contributed by atoms with Gasteiger partial charge in [0.25, 0.3) is 5.91 Å². The second-order valence-electron chi connectivity index (χ2n) is 6.47. The molecule has 6 nitrogen and oxygen atoms in total. The summed E-state index contributed by atoms with van der Waals surface area (Å²) in [7, 11) is 0. The average Bonchev–Trinajstić information content (AvgIpc) is 3.13. The third-order valence-electron chi connectivity index (χ3n) is 4.71. The van der Waals surface area contributed by atoms with E-state index >= 15 is 0 Å². The molecule has 1 aliphatic rings. The number of nitrogens with zero attached hydrogens (tertiary/aromatic N) is 3. The maximum Gasteiger partial charge on any atom is 0.256 e. The minimum absolute atomic E-state index is 0.125. The molecule has 1 aliphatic heterocycles. The number of nitrogens with one attached hydrogen (secondary N) is 1. The van der Waals surface area contributed by atoms with Gasteiger partial charge in [-0.25, -0.2) is 9.88 Å². The van der Waals surface area contributed by atoms with Gasteiger partial charge in [0.15, 0.2) is 0 Å². The molecule has 3 aromatic rings. The molecule has 0 unspecified atom stereocenters. The largest absolute Gasteiger partial charge is 0.343 e. The molecule has 0 saturated carbocycles. The SMILES string of the molecule is CCn1c(N[C@H]2CC(=O)N(c3ccc(C)cc3)C2=O)nc2ccccc21. The van der Waals surface area contributed by atoms with Crippen molar-refractivity contribution in [1.82, 2.24) is 9.55 Å². The van der Waals surface area contributed by atoms with Gasteiger partial charge in [0.05, 0.1) is 23.1 Å². The third-order valence-corrected chi connectivity index (χ3v) is 4.71. The molecule has 2 amide bonds. The molecule has 132 valence electrons. The van der Waals surface area contributed by atoms with Crippen LogP contribution in [0.5, 0.6) is 0 Å². The minimum Gasteiger partial charge on any atom is -0.343 e. The molecule has 1 saturated heterocycles. The predicted octanol–water partition coefficient (Wildman–Crippen LogP) is 3.11. The van der Waals surface area contributed by atoms with E-state index in [0.29, 0.717) is 11.6 Å². The van der Waals surface area contributed by atoms with Crippen LogP contribution in [0.4, 0.5) is 11.6 Å². The van der Waals surface area contributed by atoms with Crippen LogP contribution in [0.25, 0.3) is 11.0 Å². The number of imidazole rings is 1. The summed E-state index contributed by atoms with van der Waals surface area (Å²) in [5.74, 6) is 0.176. The van der Waals surface area contributed by atoms with Gasteiger partial charge in [-0.3, -0.25) is 9.59 Å². The summed E-state index contributed by atoms with van der Waals surface area (Å²) in [6.07, 6.45) is 0.125. The Hall–Kier alpha value is -3.15. The lowest BCUT2D eigenvalue weighted by Crippen LogP contribution is -2.35. The minimum atomic E-state index is -0.606. The molecule has 0 aliphatic carbocycles. The van der Waals surface area contributed by atoms with Crippen LogP contribution in [0.15, 0.2) is 48.5 Å². The Labute approximate surface area is 151 Å². The Morgan fingerprint density at radius 2 is 1.85 bits per heavy atom. The monoisotopic (exact) mass is 348 g/mol. The van der Waals surface area contributed by atoms with Crippen molar-refractivity contribution in [1.29, 1.82) is 0 Å². The fraction of sp³-hybridized carbons (Fsp3) is 0.250. The Morgan fingerprint density at radius 1 is 1.12 bits per heavy atom. The Bertz CT molecular complexity index is 991. The van der Waals surface area contributed by atoms with E-state index in [0.717, 1.165) is 23.1 Å². The molecule has 1 atom stereocenters. The molecule has 1 N–H and O–H groups in total. The van der Waals surface area contributed by atoms with Crippen molar-refractivity contribution < 1.29 is 9.59 Å². The fourth-order valence-electron chi connectivity index (χ4n) is 3.37. The zero-order valence-corrected chi connectivity index (χ0v) is 14.8. The van der Waals surface area contributed by atoms with Crippen LogP contribution >= 0.6 is 0 Å². The van der Waals surface area contributed by atoms with Crippen LogP contribution in [-0.4, -0.2) is 27.4 Å². The van der Waals surface area contributed by atoms with Crippen molar-refractivity contribution in [3.8, 4) is 0 Å². The first-order valence-electron chi connectivity index (χ1n) is 8.73. The van der Waals surface area contributed by atoms with Crippen molar-refractivity contribution in [2.75, 3.05) is 10.2 Å². The highest BCUT2D eigenvalue weighted by atomic mass is 16.2. The number of carbonyl (C=O) groups is 2. The van der Waals surface area contributed by atoms with E-state index in [1.165, 1.54) is 4.90 Å². The summed E-state index contributed by atoms with van der Waals surface area (Å²) in [6.45, 7) is 4.72. The smallest absolute Gasteiger partial charge is 0.256 e. The molecule has 0 radical (unpaired) electrons. The number of carbonyl (C=O) groups excluding carboxylic acids is 2. The van der Waals surface area contributed by atoms with Gasteiger partial charge < -0.3 is 9.88 Å². The lowest BCUT2D eigenvalue weighted by atomic mass is 10.2. The topological polar surface area (TPSA) is 67.2 Å². The molecule has 1 fully saturated rings. The number of imide groups is 1. The van der Waals surface area contributed by atoms with E-state index in [9.17, 15) is 9.59 Å². The second kappa shape index (κ2) is 6.29. The highest BCUT2D eigenvalue weighted by molar-refractivity contribution is 6.23.